The van der Waals surface area contributed by atoms with Crippen LogP contribution in [0.5, 0.6) is 5.75 Å². The van der Waals surface area contributed by atoms with E-state index in [1.165, 1.54) is 11.8 Å². The van der Waals surface area contributed by atoms with E-state index >= 15 is 0 Å². The molecule has 1 amide bonds. The molecule has 6 nitrogen and oxygen atoms in total. The first kappa shape index (κ1) is 20.3. The molecule has 0 radical (unpaired) electrons. The molecule has 0 aliphatic carbocycles. The normalized spacial score (nSPS) is 10.6. The van der Waals surface area contributed by atoms with Crippen molar-refractivity contribution in [2.45, 2.75) is 11.8 Å². The predicted octanol–water partition coefficient (Wildman–Crippen LogP) is 3.64. The van der Waals surface area contributed by atoms with Gasteiger partial charge in [-0.25, -0.2) is 4.79 Å². The SMILES string of the molecule is CCOc1ccc(C(=O)CSc2ccc(NC(=O)/C=C/C(=O)O)cc2)cc1. The lowest BCUT2D eigenvalue weighted by atomic mass is 10.1. The van der Waals surface area contributed by atoms with Crippen molar-refractivity contribution in [1.29, 1.82) is 0 Å². The van der Waals surface area contributed by atoms with Gasteiger partial charge in [-0.2, -0.15) is 0 Å². The summed E-state index contributed by atoms with van der Waals surface area (Å²) in [5, 5.41) is 11.0. The Kier molecular flexibility index (Phi) is 7.63. The number of aliphatic carboxylic acids is 1. The highest BCUT2D eigenvalue weighted by atomic mass is 32.2. The fourth-order valence-corrected chi connectivity index (χ4v) is 2.89. The zero-order valence-electron chi connectivity index (χ0n) is 14.7. The molecule has 2 rings (SSSR count). The van der Waals surface area contributed by atoms with Gasteiger partial charge in [-0.15, -0.1) is 11.8 Å². The number of thioether (sulfide) groups is 1. The number of amides is 1. The molecule has 0 saturated heterocycles. The van der Waals surface area contributed by atoms with Crippen LogP contribution >= 0.6 is 11.8 Å². The summed E-state index contributed by atoms with van der Waals surface area (Å²) in [4.78, 5) is 35.0. The molecule has 2 aromatic rings. The fraction of sp³-hybridized carbons (Fsp3) is 0.150. The van der Waals surface area contributed by atoms with Gasteiger partial charge in [0.1, 0.15) is 5.75 Å². The average molecular weight is 385 g/mol. The van der Waals surface area contributed by atoms with E-state index in [2.05, 4.69) is 5.32 Å². The highest BCUT2D eigenvalue weighted by Crippen LogP contribution is 2.22. The molecule has 0 heterocycles. The highest BCUT2D eigenvalue weighted by molar-refractivity contribution is 8.00. The number of rotatable bonds is 9. The van der Waals surface area contributed by atoms with E-state index in [0.29, 0.717) is 23.6 Å². The Morgan fingerprint density at radius 2 is 1.70 bits per heavy atom. The second-order valence-corrected chi connectivity index (χ2v) is 6.40. The Morgan fingerprint density at radius 3 is 2.30 bits per heavy atom. The number of Topliss-reactive ketones (excluding diaryl/α,β-unsaturated/α-hetero) is 1. The Labute approximate surface area is 161 Å². The topological polar surface area (TPSA) is 92.7 Å². The smallest absolute Gasteiger partial charge is 0.328 e. The van der Waals surface area contributed by atoms with Crippen LogP contribution in [-0.4, -0.2) is 35.1 Å². The summed E-state index contributed by atoms with van der Waals surface area (Å²) < 4.78 is 5.36. The number of carbonyl (C=O) groups excluding carboxylic acids is 2. The minimum absolute atomic E-state index is 0.0132. The van der Waals surface area contributed by atoms with Crippen LogP contribution in [0.2, 0.25) is 0 Å². The fourth-order valence-electron chi connectivity index (χ4n) is 2.10. The molecule has 0 aliphatic heterocycles. The Hall–Kier alpha value is -3.06. The van der Waals surface area contributed by atoms with Gasteiger partial charge in [-0.05, 0) is 55.5 Å². The highest BCUT2D eigenvalue weighted by Gasteiger charge is 2.07. The second kappa shape index (κ2) is 10.2. The number of carboxylic acid groups (broad SMARTS) is 1. The lowest BCUT2D eigenvalue weighted by Gasteiger charge is -2.06. The molecule has 0 unspecified atom stereocenters. The standard InChI is InChI=1S/C20H19NO5S/c1-2-26-16-7-3-14(4-8-16)18(22)13-27-17-9-5-15(6-10-17)21-19(23)11-12-20(24)25/h3-12H,2,13H2,1H3,(H,21,23)(H,24,25)/b12-11+. The number of anilines is 1. The summed E-state index contributed by atoms with van der Waals surface area (Å²) in [6.45, 7) is 2.48. The molecule has 0 saturated carbocycles. The molecule has 0 aromatic heterocycles. The van der Waals surface area contributed by atoms with Gasteiger partial charge in [0, 0.05) is 28.3 Å². The van der Waals surface area contributed by atoms with Crippen molar-refractivity contribution in [3.05, 3.63) is 66.2 Å². The largest absolute Gasteiger partial charge is 0.494 e. The number of ketones is 1. The number of benzene rings is 2. The number of hydrogen-bond donors (Lipinski definition) is 2. The van der Waals surface area contributed by atoms with E-state index in [0.717, 1.165) is 22.8 Å². The molecule has 0 atom stereocenters. The maximum atomic E-state index is 12.3. The predicted molar refractivity (Wildman–Crippen MR) is 105 cm³/mol. The van der Waals surface area contributed by atoms with Gasteiger partial charge in [0.25, 0.3) is 0 Å². The maximum Gasteiger partial charge on any atom is 0.328 e. The minimum atomic E-state index is -1.19. The Balaban J connectivity index is 1.86. The lowest BCUT2D eigenvalue weighted by Crippen LogP contribution is -2.08. The van der Waals surface area contributed by atoms with Crippen molar-refractivity contribution in [3.63, 3.8) is 0 Å². The first-order chi connectivity index (χ1) is 13.0. The molecule has 0 fully saturated rings. The van der Waals surface area contributed by atoms with E-state index in [1.54, 1.807) is 48.5 Å². The molecular formula is C20H19NO5S. The number of nitrogens with one attached hydrogen (secondary N) is 1. The van der Waals surface area contributed by atoms with Crippen LogP contribution in [0, 0.1) is 0 Å². The molecule has 7 heteroatoms. The first-order valence-corrected chi connectivity index (χ1v) is 9.17. The second-order valence-electron chi connectivity index (χ2n) is 5.35. The summed E-state index contributed by atoms with van der Waals surface area (Å²) in [5.41, 5.74) is 1.16. The summed E-state index contributed by atoms with van der Waals surface area (Å²) in [6.07, 6.45) is 1.71. The van der Waals surface area contributed by atoms with Crippen LogP contribution < -0.4 is 10.1 Å². The van der Waals surface area contributed by atoms with Crippen LogP contribution in [0.25, 0.3) is 0 Å². The third kappa shape index (κ3) is 6.99. The Bertz CT molecular complexity index is 828. The van der Waals surface area contributed by atoms with Crippen molar-refractivity contribution < 1.29 is 24.2 Å². The van der Waals surface area contributed by atoms with Gasteiger partial charge in [0.05, 0.1) is 12.4 Å². The van der Waals surface area contributed by atoms with Crippen LogP contribution in [0.15, 0.2) is 65.6 Å². The van der Waals surface area contributed by atoms with Crippen molar-refractivity contribution in [3.8, 4) is 5.75 Å². The molecule has 140 valence electrons. The number of hydrogen-bond acceptors (Lipinski definition) is 5. The average Bonchev–Trinajstić information content (AvgIpc) is 2.66. The maximum absolute atomic E-state index is 12.3. The molecule has 0 bridgehead atoms. The van der Waals surface area contributed by atoms with Crippen LogP contribution in [-0.2, 0) is 9.59 Å². The van der Waals surface area contributed by atoms with Gasteiger partial charge in [-0.1, -0.05) is 0 Å². The monoisotopic (exact) mass is 385 g/mol. The first-order valence-electron chi connectivity index (χ1n) is 8.19. The quantitative estimate of drug-likeness (QED) is 0.389. The summed E-state index contributed by atoms with van der Waals surface area (Å²) in [6, 6.07) is 14.0. The van der Waals surface area contributed by atoms with E-state index < -0.39 is 11.9 Å². The molecule has 0 spiro atoms. The molecule has 27 heavy (non-hydrogen) atoms. The Morgan fingerprint density at radius 1 is 1.04 bits per heavy atom. The van der Waals surface area contributed by atoms with E-state index in [1.807, 2.05) is 6.92 Å². The molecule has 2 N–H and O–H groups in total. The lowest BCUT2D eigenvalue weighted by molar-refractivity contribution is -0.131. The summed E-state index contributed by atoms with van der Waals surface area (Å²) in [5.74, 6) is -0.671. The van der Waals surface area contributed by atoms with Gasteiger partial charge < -0.3 is 15.2 Å². The number of carbonyl (C=O) groups is 3. The zero-order valence-corrected chi connectivity index (χ0v) is 15.5. The number of ether oxygens (including phenoxy) is 1. The zero-order chi connectivity index (χ0) is 19.6. The van der Waals surface area contributed by atoms with Crippen molar-refractivity contribution >= 4 is 35.1 Å². The van der Waals surface area contributed by atoms with Crippen LogP contribution in [0.1, 0.15) is 17.3 Å². The number of carboxylic acids is 1. The minimum Gasteiger partial charge on any atom is -0.494 e. The molecule has 0 aliphatic rings. The van der Waals surface area contributed by atoms with Gasteiger partial charge >= 0.3 is 5.97 Å². The third-order valence-corrected chi connectivity index (χ3v) is 4.37. The van der Waals surface area contributed by atoms with Crippen molar-refractivity contribution in [2.24, 2.45) is 0 Å². The molecular weight excluding hydrogens is 366 g/mol. The third-order valence-electron chi connectivity index (χ3n) is 3.36. The van der Waals surface area contributed by atoms with Crippen LogP contribution in [0.3, 0.4) is 0 Å². The summed E-state index contributed by atoms with van der Waals surface area (Å²) >= 11 is 1.39. The van der Waals surface area contributed by atoms with E-state index in [9.17, 15) is 14.4 Å². The van der Waals surface area contributed by atoms with Crippen LogP contribution in [0.4, 0.5) is 5.69 Å². The van der Waals surface area contributed by atoms with E-state index in [4.69, 9.17) is 9.84 Å². The van der Waals surface area contributed by atoms with Crippen molar-refractivity contribution in [2.75, 3.05) is 17.7 Å². The molecule has 2 aromatic carbocycles. The van der Waals surface area contributed by atoms with Gasteiger partial charge in [0.15, 0.2) is 5.78 Å². The van der Waals surface area contributed by atoms with E-state index in [-0.39, 0.29) is 5.78 Å². The van der Waals surface area contributed by atoms with Gasteiger partial charge in [-0.3, -0.25) is 9.59 Å². The summed E-state index contributed by atoms with van der Waals surface area (Å²) in [7, 11) is 0. The van der Waals surface area contributed by atoms with Crippen molar-refractivity contribution in [1.82, 2.24) is 0 Å². The van der Waals surface area contributed by atoms with Gasteiger partial charge in [0.2, 0.25) is 5.91 Å².